The van der Waals surface area contributed by atoms with E-state index in [-0.39, 0.29) is 11.7 Å². The van der Waals surface area contributed by atoms with Crippen molar-refractivity contribution < 1.29 is 9.21 Å². The van der Waals surface area contributed by atoms with E-state index in [0.717, 1.165) is 42.5 Å². The molecule has 0 aliphatic rings. The van der Waals surface area contributed by atoms with Crippen molar-refractivity contribution in [1.82, 2.24) is 10.4 Å². The van der Waals surface area contributed by atoms with Gasteiger partial charge in [0.15, 0.2) is 5.58 Å². The van der Waals surface area contributed by atoms with Crippen LogP contribution in [0.2, 0.25) is 0 Å². The molecular weight excluding hydrogens is 298 g/mol. The Hall–Kier alpha value is -1.82. The van der Waals surface area contributed by atoms with Crippen LogP contribution in [0.3, 0.4) is 0 Å². The first-order valence-electron chi connectivity index (χ1n) is 7.55. The molecule has 0 unspecified atom stereocenters. The molecule has 0 fully saturated rings. The smallest absolute Gasteiger partial charge is 0.257 e. The van der Waals surface area contributed by atoms with Gasteiger partial charge in [-0.3, -0.25) is 4.79 Å². The fourth-order valence-electron chi connectivity index (χ4n) is 2.03. The summed E-state index contributed by atoms with van der Waals surface area (Å²) >= 11 is 1.27. The third kappa shape index (κ3) is 4.87. The first-order valence-corrected chi connectivity index (χ1v) is 8.54. The van der Waals surface area contributed by atoms with Crippen LogP contribution in [0.1, 0.15) is 39.5 Å². The van der Waals surface area contributed by atoms with Crippen molar-refractivity contribution in [2.75, 3.05) is 5.75 Å². The Morgan fingerprint density at radius 2 is 2.00 bits per heavy atom. The molecule has 2 rings (SSSR count). The normalized spacial score (nSPS) is 10.6. The van der Waals surface area contributed by atoms with E-state index in [1.165, 1.54) is 11.8 Å². The number of aromatic nitrogens is 1. The molecule has 2 aromatic rings. The second-order valence-electron chi connectivity index (χ2n) is 4.95. The van der Waals surface area contributed by atoms with Crippen LogP contribution in [0.5, 0.6) is 0 Å². The number of fused-ring (bicyclic) bond motifs is 1. The molecule has 1 amide bonds. The molecule has 22 heavy (non-hydrogen) atoms. The van der Waals surface area contributed by atoms with Gasteiger partial charge < -0.3 is 4.42 Å². The number of hydrogen-bond donors (Lipinski definition) is 1. The highest BCUT2D eigenvalue weighted by Crippen LogP contribution is 2.22. The Bertz CT molecular complexity index is 611. The second kappa shape index (κ2) is 8.58. The van der Waals surface area contributed by atoms with Gasteiger partial charge in [-0.15, -0.1) is 0 Å². The summed E-state index contributed by atoms with van der Waals surface area (Å²) in [4.78, 5) is 16.2. The van der Waals surface area contributed by atoms with Crippen LogP contribution in [-0.2, 0) is 4.79 Å². The van der Waals surface area contributed by atoms with Gasteiger partial charge in [0.2, 0.25) is 0 Å². The topological polar surface area (TPSA) is 67.5 Å². The Balaban J connectivity index is 1.85. The number of carbonyl (C=O) groups is 1. The van der Waals surface area contributed by atoms with E-state index in [2.05, 4.69) is 29.4 Å². The number of hydrazone groups is 1. The van der Waals surface area contributed by atoms with Crippen LogP contribution >= 0.6 is 11.8 Å². The van der Waals surface area contributed by atoms with E-state index in [0.29, 0.717) is 5.22 Å². The predicted octanol–water partition coefficient (Wildman–Crippen LogP) is 3.99. The highest BCUT2D eigenvalue weighted by Gasteiger charge is 2.09. The van der Waals surface area contributed by atoms with Crippen LogP contribution in [-0.4, -0.2) is 22.4 Å². The number of para-hydroxylation sites is 2. The molecule has 0 spiro atoms. The highest BCUT2D eigenvalue weighted by molar-refractivity contribution is 7.99. The molecule has 1 aromatic heterocycles. The molecule has 0 aliphatic heterocycles. The van der Waals surface area contributed by atoms with Gasteiger partial charge in [-0.1, -0.05) is 50.6 Å². The Morgan fingerprint density at radius 1 is 1.27 bits per heavy atom. The molecule has 5 nitrogen and oxygen atoms in total. The number of nitrogens with one attached hydrogen (secondary N) is 1. The number of nitrogens with zero attached hydrogens (tertiary/aromatic N) is 2. The number of benzene rings is 1. The van der Waals surface area contributed by atoms with E-state index in [4.69, 9.17) is 4.42 Å². The SMILES string of the molecule is CCCC(CCC)=NNC(=O)CSc1nc2ccccc2o1. The largest absolute Gasteiger partial charge is 0.431 e. The van der Waals surface area contributed by atoms with Gasteiger partial charge in [0.25, 0.3) is 11.1 Å². The molecule has 0 aliphatic carbocycles. The molecule has 1 heterocycles. The lowest BCUT2D eigenvalue weighted by Crippen LogP contribution is -2.21. The minimum Gasteiger partial charge on any atom is -0.431 e. The maximum atomic E-state index is 11.8. The zero-order valence-corrected chi connectivity index (χ0v) is 13.8. The molecule has 0 saturated heterocycles. The van der Waals surface area contributed by atoms with Crippen molar-refractivity contribution in [2.45, 2.75) is 44.8 Å². The van der Waals surface area contributed by atoms with Crippen LogP contribution in [0, 0.1) is 0 Å². The minimum atomic E-state index is -0.142. The lowest BCUT2D eigenvalue weighted by molar-refractivity contribution is -0.118. The number of oxazole rings is 1. The molecule has 0 bridgehead atoms. The van der Waals surface area contributed by atoms with E-state index in [9.17, 15) is 4.79 Å². The number of thioether (sulfide) groups is 1. The monoisotopic (exact) mass is 319 g/mol. The van der Waals surface area contributed by atoms with Gasteiger partial charge in [0.1, 0.15) is 5.52 Å². The number of carbonyl (C=O) groups excluding carboxylic acids is 1. The third-order valence-electron chi connectivity index (χ3n) is 3.02. The lowest BCUT2D eigenvalue weighted by atomic mass is 10.1. The average Bonchev–Trinajstić information content (AvgIpc) is 2.94. The van der Waals surface area contributed by atoms with Crippen molar-refractivity contribution in [3.8, 4) is 0 Å². The summed E-state index contributed by atoms with van der Waals surface area (Å²) in [5.74, 6) is 0.0962. The fraction of sp³-hybridized carbons (Fsp3) is 0.438. The molecule has 0 saturated carbocycles. The number of amides is 1. The molecule has 0 atom stereocenters. The van der Waals surface area contributed by atoms with Gasteiger partial charge >= 0.3 is 0 Å². The first-order chi connectivity index (χ1) is 10.7. The van der Waals surface area contributed by atoms with E-state index >= 15 is 0 Å². The standard InChI is InChI=1S/C16H21N3O2S/c1-3-7-12(8-4-2)18-19-15(20)11-22-16-17-13-9-5-6-10-14(13)21-16/h5-6,9-10H,3-4,7-8,11H2,1-2H3,(H,19,20). The number of rotatable bonds is 8. The van der Waals surface area contributed by atoms with E-state index in [1.54, 1.807) is 0 Å². The predicted molar refractivity (Wildman–Crippen MR) is 90.1 cm³/mol. The Morgan fingerprint density at radius 3 is 2.68 bits per heavy atom. The van der Waals surface area contributed by atoms with Crippen LogP contribution in [0.4, 0.5) is 0 Å². The van der Waals surface area contributed by atoms with Crippen molar-refractivity contribution in [2.24, 2.45) is 5.10 Å². The molecular formula is C16H21N3O2S. The van der Waals surface area contributed by atoms with E-state index in [1.807, 2.05) is 24.3 Å². The fourth-order valence-corrected chi connectivity index (χ4v) is 2.66. The van der Waals surface area contributed by atoms with Crippen molar-refractivity contribution in [3.05, 3.63) is 24.3 Å². The third-order valence-corrected chi connectivity index (χ3v) is 3.84. The van der Waals surface area contributed by atoms with Crippen LogP contribution in [0.15, 0.2) is 39.0 Å². The minimum absolute atomic E-state index is 0.142. The quantitative estimate of drug-likeness (QED) is 0.454. The molecule has 1 N–H and O–H groups in total. The van der Waals surface area contributed by atoms with Crippen molar-refractivity contribution >= 4 is 34.5 Å². The van der Waals surface area contributed by atoms with Gasteiger partial charge in [-0.2, -0.15) is 5.10 Å². The molecule has 118 valence electrons. The zero-order chi connectivity index (χ0) is 15.8. The lowest BCUT2D eigenvalue weighted by Gasteiger charge is -2.04. The Labute approximate surface area is 134 Å². The van der Waals surface area contributed by atoms with Gasteiger partial charge in [0, 0.05) is 5.71 Å². The molecule has 1 aromatic carbocycles. The van der Waals surface area contributed by atoms with Crippen molar-refractivity contribution in [1.29, 1.82) is 0 Å². The summed E-state index contributed by atoms with van der Waals surface area (Å²) in [6.45, 7) is 4.21. The number of hydrogen-bond acceptors (Lipinski definition) is 5. The van der Waals surface area contributed by atoms with Gasteiger partial charge in [0.05, 0.1) is 5.75 Å². The van der Waals surface area contributed by atoms with Crippen molar-refractivity contribution in [3.63, 3.8) is 0 Å². The summed E-state index contributed by atoms with van der Waals surface area (Å²) in [5, 5.41) is 4.71. The summed E-state index contributed by atoms with van der Waals surface area (Å²) in [5.41, 5.74) is 5.20. The summed E-state index contributed by atoms with van der Waals surface area (Å²) in [6.07, 6.45) is 3.91. The summed E-state index contributed by atoms with van der Waals surface area (Å²) in [7, 11) is 0. The maximum absolute atomic E-state index is 11.8. The summed E-state index contributed by atoms with van der Waals surface area (Å²) < 4.78 is 5.56. The summed E-state index contributed by atoms with van der Waals surface area (Å²) in [6, 6.07) is 7.55. The molecule has 6 heteroatoms. The average molecular weight is 319 g/mol. The second-order valence-corrected chi connectivity index (χ2v) is 5.88. The van der Waals surface area contributed by atoms with Crippen LogP contribution in [0.25, 0.3) is 11.1 Å². The van der Waals surface area contributed by atoms with Gasteiger partial charge in [-0.05, 0) is 25.0 Å². The highest BCUT2D eigenvalue weighted by atomic mass is 32.2. The first kappa shape index (κ1) is 16.5. The van der Waals surface area contributed by atoms with Crippen LogP contribution < -0.4 is 5.43 Å². The van der Waals surface area contributed by atoms with Gasteiger partial charge in [-0.25, -0.2) is 10.4 Å². The zero-order valence-electron chi connectivity index (χ0n) is 13.0. The maximum Gasteiger partial charge on any atom is 0.257 e. The Kier molecular flexibility index (Phi) is 6.45. The molecule has 0 radical (unpaired) electrons. The van der Waals surface area contributed by atoms with E-state index < -0.39 is 0 Å².